The van der Waals surface area contributed by atoms with Gasteiger partial charge in [-0.1, -0.05) is 31.6 Å². The molecule has 3 saturated carbocycles. The molecule has 176 valence electrons. The monoisotopic (exact) mass is 468 g/mol. The maximum atomic E-state index is 13.2. The van der Waals surface area contributed by atoms with Crippen LogP contribution in [0.25, 0.3) is 0 Å². The van der Waals surface area contributed by atoms with Crippen molar-refractivity contribution < 1.29 is 24.2 Å². The molecule has 5 unspecified atom stereocenters. The molecule has 3 fully saturated rings. The van der Waals surface area contributed by atoms with Crippen molar-refractivity contribution in [1.82, 2.24) is 0 Å². The third kappa shape index (κ3) is 3.48. The number of carbonyl (C=O) groups is 3. The van der Waals surface area contributed by atoms with Gasteiger partial charge in [0.15, 0.2) is 12.4 Å². The summed E-state index contributed by atoms with van der Waals surface area (Å²) >= 11 is 1.48. The molecule has 6 atom stereocenters. The summed E-state index contributed by atoms with van der Waals surface area (Å²) in [5.74, 6) is 0.354. The summed E-state index contributed by atoms with van der Waals surface area (Å²) in [6.45, 7) is 3.95. The van der Waals surface area contributed by atoms with Crippen LogP contribution in [0, 0.1) is 28.6 Å². The number of hydrogen-bond acceptors (Lipinski definition) is 6. The summed E-state index contributed by atoms with van der Waals surface area (Å²) in [4.78, 5) is 38.3. The second kappa shape index (κ2) is 8.02. The van der Waals surface area contributed by atoms with Gasteiger partial charge in [-0.05, 0) is 79.9 Å². The zero-order chi connectivity index (χ0) is 23.4. The van der Waals surface area contributed by atoms with Crippen LogP contribution in [0.4, 0.5) is 0 Å². The van der Waals surface area contributed by atoms with Gasteiger partial charge in [-0.3, -0.25) is 14.4 Å². The third-order valence-corrected chi connectivity index (χ3v) is 10.3. The molecule has 0 saturated heterocycles. The van der Waals surface area contributed by atoms with Gasteiger partial charge < -0.3 is 9.84 Å². The number of ketones is 2. The Balaban J connectivity index is 1.30. The third-order valence-electron chi connectivity index (χ3n) is 9.43. The van der Waals surface area contributed by atoms with Crippen molar-refractivity contribution >= 4 is 28.9 Å². The average Bonchev–Trinajstić information content (AvgIpc) is 3.39. The highest BCUT2D eigenvalue weighted by Gasteiger charge is 2.66. The first-order chi connectivity index (χ1) is 15.7. The Morgan fingerprint density at radius 1 is 1.18 bits per heavy atom. The quantitative estimate of drug-likeness (QED) is 0.646. The molecular weight excluding hydrogens is 436 g/mol. The highest BCUT2D eigenvalue weighted by Crippen LogP contribution is 2.67. The zero-order valence-corrected chi connectivity index (χ0v) is 20.2. The SMILES string of the molecule is CC12C=CC(=O)C=C1CCC1C2CCC2(C)C1CC[C@@]2(O)C(=O)COC(=O)Cc1cccs1. The van der Waals surface area contributed by atoms with Crippen LogP contribution in [0.1, 0.15) is 57.2 Å². The molecule has 0 aromatic carbocycles. The lowest BCUT2D eigenvalue weighted by molar-refractivity contribution is -0.168. The molecule has 0 spiro atoms. The number of allylic oxidation sites excluding steroid dienone is 4. The van der Waals surface area contributed by atoms with Gasteiger partial charge in [-0.2, -0.15) is 0 Å². The Kier molecular flexibility index (Phi) is 5.52. The summed E-state index contributed by atoms with van der Waals surface area (Å²) in [5.41, 5.74) is -0.847. The van der Waals surface area contributed by atoms with Gasteiger partial charge in [0.2, 0.25) is 5.78 Å². The van der Waals surface area contributed by atoms with Crippen LogP contribution in [0.15, 0.2) is 41.3 Å². The van der Waals surface area contributed by atoms with Crippen LogP contribution in [0.2, 0.25) is 0 Å². The molecule has 0 bridgehead atoms. The Labute approximate surface area is 198 Å². The summed E-state index contributed by atoms with van der Waals surface area (Å²) < 4.78 is 5.29. The van der Waals surface area contributed by atoms with Gasteiger partial charge in [0.25, 0.3) is 0 Å². The highest BCUT2D eigenvalue weighted by molar-refractivity contribution is 7.10. The van der Waals surface area contributed by atoms with Crippen LogP contribution in [0.5, 0.6) is 0 Å². The number of rotatable bonds is 5. The lowest BCUT2D eigenvalue weighted by Gasteiger charge is -2.57. The molecule has 1 aromatic rings. The number of esters is 1. The number of ether oxygens (including phenoxy) is 1. The van der Waals surface area contributed by atoms with E-state index in [1.807, 2.05) is 23.6 Å². The molecule has 4 aliphatic carbocycles. The van der Waals surface area contributed by atoms with Gasteiger partial charge in [0.05, 0.1) is 6.42 Å². The van der Waals surface area contributed by atoms with E-state index in [1.54, 1.807) is 6.08 Å². The van der Waals surface area contributed by atoms with E-state index in [2.05, 4.69) is 19.9 Å². The van der Waals surface area contributed by atoms with E-state index in [0.717, 1.165) is 37.0 Å². The molecule has 5 rings (SSSR count). The van der Waals surface area contributed by atoms with Crippen molar-refractivity contribution in [3.05, 3.63) is 46.2 Å². The van der Waals surface area contributed by atoms with Gasteiger partial charge >= 0.3 is 5.97 Å². The van der Waals surface area contributed by atoms with Crippen LogP contribution in [-0.4, -0.2) is 34.9 Å². The fourth-order valence-electron chi connectivity index (χ4n) is 7.54. The molecule has 4 aliphatic rings. The van der Waals surface area contributed by atoms with E-state index < -0.39 is 17.0 Å². The number of fused-ring (bicyclic) bond motifs is 5. The number of carbonyl (C=O) groups excluding carboxylic acids is 3. The van der Waals surface area contributed by atoms with Crippen molar-refractivity contribution in [3.8, 4) is 0 Å². The Hall–Kier alpha value is -2.05. The molecule has 1 N–H and O–H groups in total. The Morgan fingerprint density at radius 2 is 1.97 bits per heavy atom. The van der Waals surface area contributed by atoms with E-state index in [0.29, 0.717) is 18.3 Å². The molecule has 0 aliphatic heterocycles. The largest absolute Gasteiger partial charge is 0.457 e. The van der Waals surface area contributed by atoms with E-state index in [9.17, 15) is 19.5 Å². The van der Waals surface area contributed by atoms with Crippen LogP contribution < -0.4 is 0 Å². The van der Waals surface area contributed by atoms with Crippen molar-refractivity contribution in [3.63, 3.8) is 0 Å². The lowest BCUT2D eigenvalue weighted by Crippen LogP contribution is -2.58. The normalized spacial score (nSPS) is 39.3. The fourth-order valence-corrected chi connectivity index (χ4v) is 8.23. The summed E-state index contributed by atoms with van der Waals surface area (Å²) in [6, 6.07) is 3.74. The number of Topliss-reactive ketones (excluding diaryl/α,β-unsaturated/α-hetero) is 1. The van der Waals surface area contributed by atoms with E-state index in [-0.39, 0.29) is 35.9 Å². The minimum Gasteiger partial charge on any atom is -0.457 e. The number of aliphatic hydroxyl groups is 1. The molecule has 5 nitrogen and oxygen atoms in total. The summed E-state index contributed by atoms with van der Waals surface area (Å²) in [6.07, 6.45) is 10.6. The average molecular weight is 469 g/mol. The second-order valence-corrected chi connectivity index (χ2v) is 11.8. The predicted octanol–water partition coefficient (Wildman–Crippen LogP) is 4.44. The molecule has 0 radical (unpaired) electrons. The van der Waals surface area contributed by atoms with Crippen molar-refractivity contribution in [2.45, 2.75) is 64.4 Å². The van der Waals surface area contributed by atoms with E-state index in [1.165, 1.54) is 16.9 Å². The maximum Gasteiger partial charge on any atom is 0.311 e. The molecular formula is C27H32O5S. The van der Waals surface area contributed by atoms with Crippen molar-refractivity contribution in [2.24, 2.45) is 28.6 Å². The number of hydrogen-bond donors (Lipinski definition) is 1. The smallest absolute Gasteiger partial charge is 0.311 e. The zero-order valence-electron chi connectivity index (χ0n) is 19.3. The topological polar surface area (TPSA) is 80.7 Å². The fraction of sp³-hybridized carbons (Fsp3) is 0.593. The Bertz CT molecular complexity index is 1040. The van der Waals surface area contributed by atoms with Crippen molar-refractivity contribution in [2.75, 3.05) is 6.61 Å². The van der Waals surface area contributed by atoms with E-state index in [4.69, 9.17) is 4.74 Å². The standard InChI is InChI=1S/C27H32O5S/c1-25-10-7-18(28)14-17(25)5-6-20-21(25)8-11-26(2)22(20)9-12-27(26,31)23(29)16-32-24(30)15-19-4-3-13-33-19/h3-4,7,10,13-14,20-22,31H,5-6,8-9,11-12,15-16H2,1-2H3/t20?,21?,22?,25?,26?,27-/m1/s1. The minimum atomic E-state index is -1.46. The van der Waals surface area contributed by atoms with Gasteiger partial charge in [-0.25, -0.2) is 0 Å². The first-order valence-corrected chi connectivity index (χ1v) is 12.9. The van der Waals surface area contributed by atoms with E-state index >= 15 is 0 Å². The number of thiophene rings is 1. The molecule has 33 heavy (non-hydrogen) atoms. The van der Waals surface area contributed by atoms with Gasteiger partial charge in [0, 0.05) is 15.7 Å². The molecule has 1 heterocycles. The van der Waals surface area contributed by atoms with Gasteiger partial charge in [-0.15, -0.1) is 11.3 Å². The van der Waals surface area contributed by atoms with Crippen LogP contribution >= 0.6 is 11.3 Å². The second-order valence-electron chi connectivity index (χ2n) is 10.8. The molecule has 6 heteroatoms. The molecule has 0 amide bonds. The van der Waals surface area contributed by atoms with Gasteiger partial charge in [0.1, 0.15) is 5.60 Å². The van der Waals surface area contributed by atoms with Crippen LogP contribution in [-0.2, 0) is 25.5 Å². The first kappa shape index (κ1) is 22.7. The summed E-state index contributed by atoms with van der Waals surface area (Å²) in [7, 11) is 0. The minimum absolute atomic E-state index is 0.0797. The van der Waals surface area contributed by atoms with Crippen LogP contribution in [0.3, 0.4) is 0 Å². The first-order valence-electron chi connectivity index (χ1n) is 12.1. The predicted molar refractivity (Wildman–Crippen MR) is 126 cm³/mol. The maximum absolute atomic E-state index is 13.2. The highest BCUT2D eigenvalue weighted by atomic mass is 32.1. The molecule has 1 aromatic heterocycles. The Morgan fingerprint density at radius 3 is 2.73 bits per heavy atom. The summed E-state index contributed by atoms with van der Waals surface area (Å²) in [5, 5.41) is 13.6. The van der Waals surface area contributed by atoms with Crippen molar-refractivity contribution in [1.29, 1.82) is 0 Å². The lowest BCUT2D eigenvalue weighted by atomic mass is 9.47.